The number of carboxylic acids is 1. The van der Waals surface area contributed by atoms with E-state index in [9.17, 15) is 15.2 Å². The highest BCUT2D eigenvalue weighted by Gasteiger charge is 2.32. The molecule has 0 aromatic carbocycles. The van der Waals surface area contributed by atoms with Gasteiger partial charge in [0, 0.05) is 42.2 Å². The number of hydrogen-bond donors (Lipinski definition) is 3. The van der Waals surface area contributed by atoms with E-state index in [0.29, 0.717) is 17.6 Å². The zero-order valence-corrected chi connectivity index (χ0v) is 20.7. The van der Waals surface area contributed by atoms with Gasteiger partial charge in [-0.3, -0.25) is 5.32 Å². The highest BCUT2D eigenvalue weighted by Crippen LogP contribution is 2.36. The van der Waals surface area contributed by atoms with E-state index in [1.165, 1.54) is 19.3 Å². The summed E-state index contributed by atoms with van der Waals surface area (Å²) < 4.78 is 0. The molecule has 2 aromatic rings. The van der Waals surface area contributed by atoms with Gasteiger partial charge in [-0.1, -0.05) is 12.8 Å². The van der Waals surface area contributed by atoms with Crippen molar-refractivity contribution < 1.29 is 15.2 Å². The van der Waals surface area contributed by atoms with Crippen LogP contribution < -0.4 is 10.2 Å². The molecule has 188 valence electrons. The number of pyridine rings is 2. The summed E-state index contributed by atoms with van der Waals surface area (Å²) in [6, 6.07) is 8.32. The first-order chi connectivity index (χ1) is 17.5. The van der Waals surface area contributed by atoms with Crippen LogP contribution in [0.15, 0.2) is 24.4 Å². The molecule has 0 atom stereocenters. The molecule has 0 unspecified atom stereocenters. The van der Waals surface area contributed by atoms with Gasteiger partial charge in [-0.2, -0.15) is 10.2 Å². The lowest BCUT2D eigenvalue weighted by atomic mass is 9.78. The van der Waals surface area contributed by atoms with Gasteiger partial charge in [0.25, 0.3) is 0 Å². The van der Waals surface area contributed by atoms with E-state index in [1.807, 2.05) is 12.1 Å². The molecule has 2 aromatic heterocycles. The highest BCUT2D eigenvalue weighted by atomic mass is 16.4. The summed E-state index contributed by atoms with van der Waals surface area (Å²) in [5, 5.41) is 30.3. The van der Waals surface area contributed by atoms with Gasteiger partial charge in [-0.15, -0.1) is 0 Å². The van der Waals surface area contributed by atoms with Crippen LogP contribution in [-0.2, 0) is 0 Å². The molecule has 3 fully saturated rings. The van der Waals surface area contributed by atoms with Crippen molar-refractivity contribution in [2.45, 2.75) is 70.3 Å². The molecule has 5 rings (SSSR count). The molecule has 1 aliphatic heterocycles. The van der Waals surface area contributed by atoms with E-state index in [0.717, 1.165) is 80.5 Å². The quantitative estimate of drug-likeness (QED) is 0.500. The second-order valence-electron chi connectivity index (χ2n) is 10.5. The van der Waals surface area contributed by atoms with Crippen molar-refractivity contribution in [3.63, 3.8) is 0 Å². The van der Waals surface area contributed by atoms with E-state index >= 15 is 0 Å². The summed E-state index contributed by atoms with van der Waals surface area (Å²) in [5.74, 6) is 0.781. The van der Waals surface area contributed by atoms with Crippen molar-refractivity contribution in [1.29, 1.82) is 10.7 Å². The fourth-order valence-corrected chi connectivity index (χ4v) is 5.70. The smallest absolute Gasteiger partial charge is 0.354 e. The Morgan fingerprint density at radius 3 is 2.42 bits per heavy atom. The first kappa shape index (κ1) is 24.4. The number of rotatable bonds is 7. The minimum absolute atomic E-state index is 0.0138. The summed E-state index contributed by atoms with van der Waals surface area (Å²) in [5.41, 5.74) is 2.92. The number of piperidine rings is 1. The number of hydrogen-bond acceptors (Lipinski definition) is 6. The van der Waals surface area contributed by atoms with E-state index in [1.54, 1.807) is 12.3 Å². The zero-order chi connectivity index (χ0) is 25.1. The number of nitrogens with zero attached hydrogens (tertiary/aromatic N) is 4. The van der Waals surface area contributed by atoms with E-state index < -0.39 is 5.97 Å². The molecule has 2 saturated carbocycles. The summed E-state index contributed by atoms with van der Waals surface area (Å²) in [6.07, 6.45) is 12.4. The lowest BCUT2D eigenvalue weighted by molar-refractivity contribution is -0.617. The molecule has 36 heavy (non-hydrogen) atoms. The number of carbonyl (C=O) groups is 1. The summed E-state index contributed by atoms with van der Waals surface area (Å²) in [6.45, 7) is 1.61. The molecular formula is C28H35N6O2+. The Morgan fingerprint density at radius 2 is 1.83 bits per heavy atom. The minimum atomic E-state index is -1.05. The molecule has 4 N–H and O–H groups in total. The average Bonchev–Trinajstić information content (AvgIpc) is 2.88. The van der Waals surface area contributed by atoms with Crippen LogP contribution >= 0.6 is 0 Å². The maximum atomic E-state index is 12.0. The van der Waals surface area contributed by atoms with Crippen LogP contribution in [0.2, 0.25) is 0 Å². The Hall–Kier alpha value is -3.31. The van der Waals surface area contributed by atoms with Gasteiger partial charge >= 0.3 is 5.97 Å². The molecule has 0 radical (unpaired) electrons. The molecule has 0 spiro atoms. The Labute approximate surface area is 212 Å². The third-order valence-corrected chi connectivity index (χ3v) is 8.15. The molecule has 1 saturated heterocycles. The Kier molecular flexibility index (Phi) is 7.28. The molecular weight excluding hydrogens is 452 g/mol. The lowest BCUT2D eigenvalue weighted by Gasteiger charge is -2.30. The number of quaternary nitrogens is 1. The van der Waals surface area contributed by atoms with Gasteiger partial charge in [0.05, 0.1) is 23.4 Å². The number of nitrogens with two attached hydrogens (primary N) is 1. The first-order valence-corrected chi connectivity index (χ1v) is 13.4. The molecule has 3 heterocycles. The van der Waals surface area contributed by atoms with Crippen molar-refractivity contribution in [2.75, 3.05) is 18.0 Å². The Morgan fingerprint density at radius 1 is 1.08 bits per heavy atom. The molecule has 0 amide bonds. The van der Waals surface area contributed by atoms with Gasteiger partial charge in [-0.25, -0.2) is 9.78 Å². The maximum Gasteiger partial charge on any atom is 0.354 e. The van der Waals surface area contributed by atoms with Crippen LogP contribution in [-0.4, -0.2) is 45.9 Å². The van der Waals surface area contributed by atoms with Gasteiger partial charge in [0.15, 0.2) is 5.69 Å². The number of anilines is 1. The van der Waals surface area contributed by atoms with Crippen LogP contribution in [0.5, 0.6) is 0 Å². The molecule has 8 nitrogen and oxygen atoms in total. The van der Waals surface area contributed by atoms with E-state index in [2.05, 4.69) is 21.3 Å². The Balaban J connectivity index is 1.51. The highest BCUT2D eigenvalue weighted by molar-refractivity contribution is 6.09. The predicted octanol–water partition coefficient (Wildman–Crippen LogP) is 4.28. The second kappa shape index (κ2) is 10.8. The van der Waals surface area contributed by atoms with Crippen LogP contribution in [0.3, 0.4) is 0 Å². The van der Waals surface area contributed by atoms with Crippen molar-refractivity contribution in [3.05, 3.63) is 35.7 Å². The number of aromatic carboxylic acids is 1. The zero-order valence-electron chi connectivity index (χ0n) is 20.7. The fraction of sp³-hybridized carbons (Fsp3) is 0.536. The summed E-state index contributed by atoms with van der Waals surface area (Å²) in [4.78, 5) is 23.5. The van der Waals surface area contributed by atoms with Crippen LogP contribution in [0.4, 0.5) is 11.6 Å². The third-order valence-electron chi connectivity index (χ3n) is 8.15. The van der Waals surface area contributed by atoms with E-state index in [4.69, 9.17) is 10.4 Å². The van der Waals surface area contributed by atoms with Gasteiger partial charge < -0.3 is 15.4 Å². The number of nitriles is 1. The predicted molar refractivity (Wildman–Crippen MR) is 138 cm³/mol. The van der Waals surface area contributed by atoms with Crippen molar-refractivity contribution >= 4 is 23.3 Å². The summed E-state index contributed by atoms with van der Waals surface area (Å²) >= 11 is 0. The monoisotopic (exact) mass is 487 g/mol. The fourth-order valence-electron chi connectivity index (χ4n) is 5.70. The molecule has 2 aliphatic carbocycles. The normalized spacial score (nSPS) is 19.5. The molecule has 8 heteroatoms. The minimum Gasteiger partial charge on any atom is -0.477 e. The first-order valence-electron chi connectivity index (χ1n) is 13.4. The third kappa shape index (κ3) is 5.12. The van der Waals surface area contributed by atoms with Crippen LogP contribution in [0, 0.1) is 28.6 Å². The van der Waals surface area contributed by atoms with Crippen molar-refractivity contribution in [3.8, 4) is 17.2 Å². The topological polar surface area (TPSA) is 131 Å². The number of aromatic nitrogens is 2. The van der Waals surface area contributed by atoms with Crippen LogP contribution in [0.1, 0.15) is 80.3 Å². The Bertz CT molecular complexity index is 1150. The van der Waals surface area contributed by atoms with Crippen molar-refractivity contribution in [2.24, 2.45) is 11.8 Å². The van der Waals surface area contributed by atoms with Gasteiger partial charge in [0.2, 0.25) is 5.82 Å². The largest absolute Gasteiger partial charge is 0.477 e. The SMILES string of the molecule is N#CC1CCN(c2ccc(-c3cc(C(=O)O)nc([NH2+]C4CCCCC4)c3C(=N)C3CCC3)cn2)CC1. The number of nitrogens with one attached hydrogen (secondary N) is 1. The molecule has 3 aliphatic rings. The summed E-state index contributed by atoms with van der Waals surface area (Å²) in [7, 11) is 0. The average molecular weight is 488 g/mol. The number of carboxylic acid groups (broad SMARTS) is 1. The van der Waals surface area contributed by atoms with Crippen molar-refractivity contribution in [1.82, 2.24) is 9.97 Å². The second-order valence-corrected chi connectivity index (χ2v) is 10.5. The van der Waals surface area contributed by atoms with E-state index in [-0.39, 0.29) is 17.5 Å². The maximum absolute atomic E-state index is 12.0. The van der Waals surface area contributed by atoms with Crippen LogP contribution in [0.25, 0.3) is 11.1 Å². The van der Waals surface area contributed by atoms with Gasteiger partial charge in [-0.05, 0) is 69.6 Å². The molecule has 0 bridgehead atoms. The van der Waals surface area contributed by atoms with Gasteiger partial charge in [0.1, 0.15) is 5.82 Å². The standard InChI is InChI=1S/C28H34N6O2/c29-16-18-11-13-34(14-12-18)24-10-9-20(17-31-24)22-15-23(28(35)36)33-27(32-21-7-2-1-3-8-21)25(22)26(30)19-5-4-6-19/h9-10,15,17-19,21,30H,1-8,11-14H2,(H,32,33)(H,35,36)/p+1. The lowest BCUT2D eigenvalue weighted by Crippen LogP contribution is -2.85.